The molecule has 0 saturated carbocycles. The summed E-state index contributed by atoms with van der Waals surface area (Å²) in [6.45, 7) is 2.49. The fourth-order valence-corrected chi connectivity index (χ4v) is 0.234. The van der Waals surface area contributed by atoms with Crippen molar-refractivity contribution >= 4 is 0 Å². The van der Waals surface area contributed by atoms with Gasteiger partial charge in [-0.05, 0) is 6.92 Å². The highest BCUT2D eigenvalue weighted by Gasteiger charge is 1.93. The van der Waals surface area contributed by atoms with Crippen LogP contribution in [-0.4, -0.2) is 19.8 Å². The van der Waals surface area contributed by atoms with E-state index in [0.717, 1.165) is 0 Å². The van der Waals surface area contributed by atoms with E-state index in [1.807, 2.05) is 6.92 Å². The Morgan fingerprint density at radius 3 is 2.43 bits per heavy atom. The molecule has 7 heavy (non-hydrogen) atoms. The lowest BCUT2D eigenvalue weighted by Gasteiger charge is -2.04. The Hall–Kier alpha value is -0.0800. The topological polar surface area (TPSA) is 18.5 Å². The van der Waals surface area contributed by atoms with Crippen molar-refractivity contribution in [3.8, 4) is 0 Å². The van der Waals surface area contributed by atoms with Crippen molar-refractivity contribution in [1.29, 1.82) is 0 Å². The van der Waals surface area contributed by atoms with E-state index in [2.05, 4.69) is 11.8 Å². The fraction of sp³-hybridized carbons (Fsp3) is 0.800. The van der Waals surface area contributed by atoms with Gasteiger partial charge in [-0.15, -0.1) is 0 Å². The van der Waals surface area contributed by atoms with Crippen molar-refractivity contribution in [2.24, 2.45) is 0 Å². The van der Waals surface area contributed by atoms with E-state index in [1.165, 1.54) is 0 Å². The third kappa shape index (κ3) is 3.76. The summed E-state index contributed by atoms with van der Waals surface area (Å²) in [5.74, 6) is 0. The second-order valence-electron chi connectivity index (χ2n) is 1.42. The Morgan fingerprint density at radius 1 is 1.71 bits per heavy atom. The lowest BCUT2D eigenvalue weighted by molar-refractivity contribution is 0.0526. The van der Waals surface area contributed by atoms with E-state index in [9.17, 15) is 0 Å². The van der Waals surface area contributed by atoms with Crippen LogP contribution in [0.2, 0.25) is 0 Å². The summed E-state index contributed by atoms with van der Waals surface area (Å²) >= 11 is 0. The van der Waals surface area contributed by atoms with E-state index in [1.54, 1.807) is 7.11 Å². The van der Waals surface area contributed by atoms with Gasteiger partial charge in [-0.1, -0.05) is 0 Å². The predicted molar refractivity (Wildman–Crippen MR) is 27.8 cm³/mol. The predicted octanol–water partition coefficient (Wildman–Crippen LogP) is 0.829. The molecule has 0 rings (SSSR count). The van der Waals surface area contributed by atoms with Gasteiger partial charge in [0.25, 0.3) is 0 Å². The molecule has 0 aromatic carbocycles. The van der Waals surface area contributed by atoms with Gasteiger partial charge in [-0.25, -0.2) is 0 Å². The smallest absolute Gasteiger partial charge is 0.0776 e. The van der Waals surface area contributed by atoms with Gasteiger partial charge in [-0.2, -0.15) is 0 Å². The molecule has 0 bridgehead atoms. The van der Waals surface area contributed by atoms with Gasteiger partial charge >= 0.3 is 0 Å². The average molecular weight is 103 g/mol. The monoisotopic (exact) mass is 103 g/mol. The van der Waals surface area contributed by atoms with Crippen LogP contribution in [-0.2, 0) is 9.47 Å². The van der Waals surface area contributed by atoms with Crippen molar-refractivity contribution in [2.75, 3.05) is 13.7 Å². The number of ether oxygens (including phenoxy) is 2. The molecule has 1 radical (unpaired) electrons. The Bertz CT molecular complexity index is 37.1. The normalized spacial score (nSPS) is 14.1. The van der Waals surface area contributed by atoms with Crippen LogP contribution in [0.5, 0.6) is 0 Å². The van der Waals surface area contributed by atoms with Gasteiger partial charge < -0.3 is 9.47 Å². The average Bonchev–Trinajstić information content (AvgIpc) is 1.68. The summed E-state index contributed by atoms with van der Waals surface area (Å²) in [5, 5.41) is 0. The Balaban J connectivity index is 2.83. The molecule has 0 aromatic rings. The lowest BCUT2D eigenvalue weighted by atomic mass is 10.4. The van der Waals surface area contributed by atoms with E-state index in [0.29, 0.717) is 6.61 Å². The van der Waals surface area contributed by atoms with Gasteiger partial charge in [0.15, 0.2) is 0 Å². The molecular weight excluding hydrogens is 92.1 g/mol. The summed E-state index contributed by atoms with van der Waals surface area (Å²) in [6.07, 6.45) is 0.164. The largest absolute Gasteiger partial charge is 0.379 e. The van der Waals surface area contributed by atoms with E-state index < -0.39 is 0 Å². The first-order chi connectivity index (χ1) is 3.31. The molecule has 0 aliphatic carbocycles. The molecule has 0 amide bonds. The summed E-state index contributed by atoms with van der Waals surface area (Å²) in [4.78, 5) is 0. The summed E-state index contributed by atoms with van der Waals surface area (Å²) in [6, 6.07) is 0. The fourth-order valence-electron chi connectivity index (χ4n) is 0.234. The molecule has 2 nitrogen and oxygen atoms in total. The second kappa shape index (κ2) is 4.09. The van der Waals surface area contributed by atoms with E-state index >= 15 is 0 Å². The van der Waals surface area contributed by atoms with Crippen molar-refractivity contribution in [1.82, 2.24) is 0 Å². The molecule has 2 heteroatoms. The minimum atomic E-state index is 0.164. The third-order valence-corrected chi connectivity index (χ3v) is 0.755. The highest BCUT2D eigenvalue weighted by molar-refractivity contribution is 4.42. The maximum Gasteiger partial charge on any atom is 0.0776 e. The van der Waals surface area contributed by atoms with Crippen molar-refractivity contribution in [3.63, 3.8) is 0 Å². The highest BCUT2D eigenvalue weighted by atomic mass is 16.5. The van der Waals surface area contributed by atoms with Crippen LogP contribution in [0.4, 0.5) is 0 Å². The van der Waals surface area contributed by atoms with Crippen LogP contribution < -0.4 is 0 Å². The van der Waals surface area contributed by atoms with Gasteiger partial charge in [0.05, 0.1) is 19.8 Å². The Labute approximate surface area is 44.4 Å². The first kappa shape index (κ1) is 6.92. The van der Waals surface area contributed by atoms with Crippen LogP contribution in [0, 0.1) is 7.11 Å². The molecule has 0 fully saturated rings. The summed E-state index contributed by atoms with van der Waals surface area (Å²) < 4.78 is 9.35. The number of methoxy groups -OCH3 is 1. The van der Waals surface area contributed by atoms with E-state index in [-0.39, 0.29) is 6.10 Å². The van der Waals surface area contributed by atoms with Gasteiger partial charge in [0.2, 0.25) is 0 Å². The third-order valence-electron chi connectivity index (χ3n) is 0.755. The van der Waals surface area contributed by atoms with Gasteiger partial charge in [0, 0.05) is 7.11 Å². The van der Waals surface area contributed by atoms with Crippen LogP contribution >= 0.6 is 0 Å². The van der Waals surface area contributed by atoms with Gasteiger partial charge in [0.1, 0.15) is 0 Å². The first-order valence-electron chi connectivity index (χ1n) is 2.21. The van der Waals surface area contributed by atoms with E-state index in [4.69, 9.17) is 4.74 Å². The molecule has 1 atom stereocenters. The summed E-state index contributed by atoms with van der Waals surface area (Å²) in [5.41, 5.74) is 0. The molecule has 0 N–H and O–H groups in total. The molecule has 1 unspecified atom stereocenters. The molecule has 0 aliphatic rings. The van der Waals surface area contributed by atoms with Crippen LogP contribution in [0.15, 0.2) is 0 Å². The molecule has 0 saturated heterocycles. The highest BCUT2D eigenvalue weighted by Crippen LogP contribution is 1.85. The molecule has 43 valence electrons. The quantitative estimate of drug-likeness (QED) is 0.526. The van der Waals surface area contributed by atoms with Crippen LogP contribution in [0.25, 0.3) is 0 Å². The minimum absolute atomic E-state index is 0.164. The van der Waals surface area contributed by atoms with Crippen molar-refractivity contribution < 1.29 is 9.47 Å². The first-order valence-corrected chi connectivity index (χ1v) is 2.21. The minimum Gasteiger partial charge on any atom is -0.379 e. The Morgan fingerprint density at radius 2 is 2.29 bits per heavy atom. The molecule has 0 spiro atoms. The summed E-state index contributed by atoms with van der Waals surface area (Å²) in [7, 11) is 4.84. The standard InChI is InChI=1S/C5H11O2/c1-5(7-3)4-6-2/h5H,2,4H2,1,3H3. The number of hydrogen-bond acceptors (Lipinski definition) is 2. The Kier molecular flexibility index (Phi) is 4.04. The second-order valence-corrected chi connectivity index (χ2v) is 1.42. The lowest BCUT2D eigenvalue weighted by Crippen LogP contribution is -2.10. The van der Waals surface area contributed by atoms with Crippen LogP contribution in [0.1, 0.15) is 6.92 Å². The number of hydrogen-bond donors (Lipinski definition) is 0. The maximum absolute atomic E-state index is 4.83. The van der Waals surface area contributed by atoms with Crippen molar-refractivity contribution in [2.45, 2.75) is 13.0 Å². The molecule has 0 heterocycles. The van der Waals surface area contributed by atoms with Gasteiger partial charge in [-0.3, -0.25) is 0 Å². The van der Waals surface area contributed by atoms with Crippen molar-refractivity contribution in [3.05, 3.63) is 7.11 Å². The zero-order chi connectivity index (χ0) is 5.70. The van der Waals surface area contributed by atoms with Crippen LogP contribution in [0.3, 0.4) is 0 Å². The maximum atomic E-state index is 4.83. The zero-order valence-corrected chi connectivity index (χ0v) is 4.81. The molecular formula is C5H11O2. The molecule has 0 aromatic heterocycles. The SMILES string of the molecule is [CH2]OCC(C)OC. The zero-order valence-electron chi connectivity index (χ0n) is 4.81. The number of rotatable bonds is 3. The molecule has 0 aliphatic heterocycles.